The molecule has 2 N–H and O–H groups in total. The molecule has 0 radical (unpaired) electrons. The quantitative estimate of drug-likeness (QED) is 0.877. The summed E-state index contributed by atoms with van der Waals surface area (Å²) in [6, 6.07) is 13.1. The molecule has 1 nitrogen and oxygen atoms in total. The molecule has 96 valence electrons. The predicted octanol–water partition coefficient (Wildman–Crippen LogP) is 4.21. The summed E-state index contributed by atoms with van der Waals surface area (Å²) in [7, 11) is 0. The summed E-state index contributed by atoms with van der Waals surface area (Å²) in [6.45, 7) is 7.48. The van der Waals surface area contributed by atoms with Gasteiger partial charge in [-0.25, -0.2) is 0 Å². The fourth-order valence-corrected chi connectivity index (χ4v) is 3.14. The molecular weight excluding hydrogens is 238 g/mol. The van der Waals surface area contributed by atoms with Crippen LogP contribution in [0.2, 0.25) is 0 Å². The highest BCUT2D eigenvalue weighted by Gasteiger charge is 2.17. The van der Waals surface area contributed by atoms with Gasteiger partial charge in [-0.3, -0.25) is 0 Å². The van der Waals surface area contributed by atoms with Crippen LogP contribution < -0.4 is 5.73 Å². The summed E-state index contributed by atoms with van der Waals surface area (Å²) >= 11 is 1.89. The smallest absolute Gasteiger partial charge is 0.0348 e. The average Bonchev–Trinajstić information content (AvgIpc) is 2.79. The maximum atomic E-state index is 5.69. The maximum absolute atomic E-state index is 5.69. The minimum atomic E-state index is 0.228. The van der Waals surface area contributed by atoms with E-state index in [9.17, 15) is 0 Å². The average molecular weight is 259 g/mol. The first-order valence-corrected chi connectivity index (χ1v) is 7.22. The molecule has 1 aromatic heterocycles. The van der Waals surface area contributed by atoms with E-state index < -0.39 is 0 Å². The highest BCUT2D eigenvalue weighted by atomic mass is 32.1. The Labute approximate surface area is 114 Å². The molecule has 0 bridgehead atoms. The third-order valence-corrected chi connectivity index (χ3v) is 4.59. The van der Waals surface area contributed by atoms with Crippen LogP contribution in [0.3, 0.4) is 0 Å². The van der Waals surface area contributed by atoms with Gasteiger partial charge in [0.2, 0.25) is 0 Å². The number of hydrogen-bond acceptors (Lipinski definition) is 2. The zero-order valence-corrected chi connectivity index (χ0v) is 12.2. The van der Waals surface area contributed by atoms with Crippen LogP contribution >= 0.6 is 11.3 Å². The van der Waals surface area contributed by atoms with E-state index in [1.165, 1.54) is 20.9 Å². The molecule has 2 aromatic rings. The van der Waals surface area contributed by atoms with Crippen molar-refractivity contribution in [2.45, 2.75) is 32.6 Å². The Balaban J connectivity index is 2.40. The Morgan fingerprint density at radius 2 is 1.78 bits per heavy atom. The van der Waals surface area contributed by atoms with E-state index in [1.54, 1.807) is 0 Å². The Bertz CT molecular complexity index is 520. The molecule has 0 fully saturated rings. The van der Waals surface area contributed by atoms with E-state index in [4.69, 9.17) is 5.73 Å². The van der Waals surface area contributed by atoms with Gasteiger partial charge in [0.25, 0.3) is 0 Å². The van der Waals surface area contributed by atoms with Gasteiger partial charge < -0.3 is 5.73 Å². The second kappa shape index (κ2) is 5.25. The van der Waals surface area contributed by atoms with Crippen LogP contribution in [0.15, 0.2) is 36.4 Å². The fraction of sp³-hybridized carbons (Fsp3) is 0.375. The second-order valence-electron chi connectivity index (χ2n) is 5.61. The Morgan fingerprint density at radius 1 is 1.06 bits per heavy atom. The summed E-state index contributed by atoms with van der Waals surface area (Å²) in [5.74, 6) is 0. The van der Waals surface area contributed by atoms with Gasteiger partial charge >= 0.3 is 0 Å². The number of nitrogens with two attached hydrogens (primary N) is 1. The number of hydrogen-bond donors (Lipinski definition) is 1. The van der Waals surface area contributed by atoms with Crippen LogP contribution in [0.25, 0.3) is 10.4 Å². The van der Waals surface area contributed by atoms with E-state index in [-0.39, 0.29) is 5.41 Å². The number of rotatable bonds is 3. The molecule has 0 saturated heterocycles. The normalized spacial score (nSPS) is 11.8. The Hall–Kier alpha value is -1.12. The Kier molecular flexibility index (Phi) is 3.88. The van der Waals surface area contributed by atoms with Crippen molar-refractivity contribution in [3.63, 3.8) is 0 Å². The molecule has 0 unspecified atom stereocenters. The van der Waals surface area contributed by atoms with Gasteiger partial charge in [0.15, 0.2) is 0 Å². The largest absolute Gasteiger partial charge is 0.330 e. The standard InChI is InChI=1S/C16H21NS/c1-16(2,3)15-9-8-14(18-15)13-7-5-4-6-12(13)10-11-17/h4-9H,10-11,17H2,1-3H3. The molecule has 2 heteroatoms. The Morgan fingerprint density at radius 3 is 2.39 bits per heavy atom. The van der Waals surface area contributed by atoms with E-state index in [2.05, 4.69) is 57.2 Å². The molecule has 0 aliphatic heterocycles. The van der Waals surface area contributed by atoms with Crippen LogP contribution in [0.5, 0.6) is 0 Å². The van der Waals surface area contributed by atoms with Gasteiger partial charge in [-0.1, -0.05) is 45.0 Å². The third-order valence-electron chi connectivity index (χ3n) is 3.04. The van der Waals surface area contributed by atoms with E-state index in [0.717, 1.165) is 6.42 Å². The van der Waals surface area contributed by atoms with Crippen LogP contribution in [-0.4, -0.2) is 6.54 Å². The van der Waals surface area contributed by atoms with Crippen LogP contribution in [0.1, 0.15) is 31.2 Å². The SMILES string of the molecule is CC(C)(C)c1ccc(-c2ccccc2CCN)s1. The van der Waals surface area contributed by atoms with Crippen molar-refractivity contribution in [2.24, 2.45) is 5.73 Å². The van der Waals surface area contributed by atoms with Gasteiger partial charge in [0.05, 0.1) is 0 Å². The maximum Gasteiger partial charge on any atom is 0.0348 e. The fourth-order valence-electron chi connectivity index (χ4n) is 2.02. The predicted molar refractivity (Wildman–Crippen MR) is 81.2 cm³/mol. The minimum Gasteiger partial charge on any atom is -0.330 e. The summed E-state index contributed by atoms with van der Waals surface area (Å²) in [6.07, 6.45) is 0.943. The lowest BCUT2D eigenvalue weighted by molar-refractivity contribution is 0.604. The van der Waals surface area contributed by atoms with Crippen molar-refractivity contribution in [3.05, 3.63) is 46.8 Å². The summed E-state index contributed by atoms with van der Waals surface area (Å²) in [5, 5.41) is 0. The van der Waals surface area contributed by atoms with Crippen LogP contribution in [0, 0.1) is 0 Å². The lowest BCUT2D eigenvalue weighted by Crippen LogP contribution is -2.07. The van der Waals surface area contributed by atoms with E-state index >= 15 is 0 Å². The van der Waals surface area contributed by atoms with Crippen molar-refractivity contribution >= 4 is 11.3 Å². The van der Waals surface area contributed by atoms with E-state index in [1.807, 2.05) is 11.3 Å². The van der Waals surface area contributed by atoms with E-state index in [0.29, 0.717) is 6.54 Å². The number of thiophene rings is 1. The molecule has 0 spiro atoms. The van der Waals surface area contributed by atoms with Crippen LogP contribution in [0.4, 0.5) is 0 Å². The van der Waals surface area contributed by atoms with Gasteiger partial charge in [0.1, 0.15) is 0 Å². The van der Waals surface area contributed by atoms with Crippen molar-refractivity contribution in [1.29, 1.82) is 0 Å². The van der Waals surface area contributed by atoms with Gasteiger partial charge in [0, 0.05) is 9.75 Å². The zero-order valence-electron chi connectivity index (χ0n) is 11.4. The molecule has 0 aliphatic carbocycles. The zero-order chi connectivity index (χ0) is 13.2. The second-order valence-corrected chi connectivity index (χ2v) is 6.69. The van der Waals surface area contributed by atoms with Crippen molar-refractivity contribution < 1.29 is 0 Å². The van der Waals surface area contributed by atoms with Crippen LogP contribution in [-0.2, 0) is 11.8 Å². The first-order chi connectivity index (χ1) is 8.52. The third kappa shape index (κ3) is 2.82. The minimum absolute atomic E-state index is 0.228. The molecule has 0 saturated carbocycles. The summed E-state index contributed by atoms with van der Waals surface area (Å²) in [4.78, 5) is 2.78. The first kappa shape index (κ1) is 13.3. The lowest BCUT2D eigenvalue weighted by Gasteiger charge is -2.15. The van der Waals surface area contributed by atoms with Crippen molar-refractivity contribution in [1.82, 2.24) is 0 Å². The number of benzene rings is 1. The van der Waals surface area contributed by atoms with Gasteiger partial charge in [-0.2, -0.15) is 0 Å². The molecule has 0 aliphatic rings. The highest BCUT2D eigenvalue weighted by molar-refractivity contribution is 7.15. The molecule has 2 rings (SSSR count). The molecule has 18 heavy (non-hydrogen) atoms. The highest BCUT2D eigenvalue weighted by Crippen LogP contribution is 2.36. The molecule has 1 aromatic carbocycles. The summed E-state index contributed by atoms with van der Waals surface area (Å²) < 4.78 is 0. The van der Waals surface area contributed by atoms with Crippen molar-refractivity contribution in [3.8, 4) is 10.4 Å². The van der Waals surface area contributed by atoms with Gasteiger partial charge in [-0.05, 0) is 41.6 Å². The molecular formula is C16H21NS. The topological polar surface area (TPSA) is 26.0 Å². The molecule has 0 atom stereocenters. The summed E-state index contributed by atoms with van der Waals surface area (Å²) in [5.41, 5.74) is 8.60. The van der Waals surface area contributed by atoms with Gasteiger partial charge in [-0.15, -0.1) is 11.3 Å². The molecule has 0 amide bonds. The lowest BCUT2D eigenvalue weighted by atomic mass is 9.95. The van der Waals surface area contributed by atoms with Crippen molar-refractivity contribution in [2.75, 3.05) is 6.54 Å². The first-order valence-electron chi connectivity index (χ1n) is 6.41. The monoisotopic (exact) mass is 259 g/mol. The molecule has 1 heterocycles.